The Hall–Kier alpha value is -2.99. The lowest BCUT2D eigenvalue weighted by atomic mass is 9.90. The molecular formula is C21H21N3O3. The van der Waals surface area contributed by atoms with Gasteiger partial charge in [-0.25, -0.2) is 0 Å². The average Bonchev–Trinajstić information content (AvgIpc) is 3.01. The van der Waals surface area contributed by atoms with Crippen LogP contribution in [0.1, 0.15) is 40.0 Å². The van der Waals surface area contributed by atoms with E-state index < -0.39 is 11.0 Å². The van der Waals surface area contributed by atoms with E-state index in [2.05, 4.69) is 16.7 Å². The van der Waals surface area contributed by atoms with Gasteiger partial charge in [0.1, 0.15) is 0 Å². The number of carbonyl (C=O) groups excluding carboxylic acids is 1. The summed E-state index contributed by atoms with van der Waals surface area (Å²) in [6.45, 7) is 0. The van der Waals surface area contributed by atoms with Crippen molar-refractivity contribution in [2.45, 2.75) is 38.1 Å². The quantitative estimate of drug-likeness (QED) is 0.427. The summed E-state index contributed by atoms with van der Waals surface area (Å²) in [5.41, 5.74) is 11.6. The second kappa shape index (κ2) is 6.96. The van der Waals surface area contributed by atoms with Gasteiger partial charge >= 0.3 is 0 Å². The molecule has 4 rings (SSSR count). The van der Waals surface area contributed by atoms with E-state index in [9.17, 15) is 14.9 Å². The summed E-state index contributed by atoms with van der Waals surface area (Å²) >= 11 is 0. The fraction of sp³-hybridized carbons (Fsp3) is 0.286. The van der Waals surface area contributed by atoms with E-state index in [1.807, 2.05) is 12.1 Å². The van der Waals surface area contributed by atoms with E-state index >= 15 is 0 Å². The third kappa shape index (κ3) is 3.13. The van der Waals surface area contributed by atoms with E-state index in [1.165, 1.54) is 41.9 Å². The maximum absolute atomic E-state index is 12.8. The van der Waals surface area contributed by atoms with E-state index in [4.69, 9.17) is 5.73 Å². The Kier molecular flexibility index (Phi) is 4.49. The number of nitrogens with zero attached hydrogens (tertiary/aromatic N) is 2. The first-order valence-electron chi connectivity index (χ1n) is 9.20. The van der Waals surface area contributed by atoms with Crippen LogP contribution in [0.3, 0.4) is 0 Å². The summed E-state index contributed by atoms with van der Waals surface area (Å²) in [5.74, 6) is -0.190. The van der Waals surface area contributed by atoms with Crippen molar-refractivity contribution in [2.75, 3.05) is 0 Å². The van der Waals surface area contributed by atoms with Crippen LogP contribution in [0, 0.1) is 10.1 Å². The van der Waals surface area contributed by atoms with Gasteiger partial charge in [0.25, 0.3) is 5.69 Å². The highest BCUT2D eigenvalue weighted by Gasteiger charge is 2.24. The number of Topliss-reactive ketones (excluding diaryl/α,β-unsaturated/α-hetero) is 1. The fourth-order valence-electron chi connectivity index (χ4n) is 4.06. The molecule has 0 radical (unpaired) electrons. The van der Waals surface area contributed by atoms with Crippen LogP contribution in [0.4, 0.5) is 5.69 Å². The molecule has 1 aromatic carbocycles. The van der Waals surface area contributed by atoms with E-state index in [-0.39, 0.29) is 11.5 Å². The number of rotatable bonds is 5. The Bertz CT molecular complexity index is 1020. The minimum Gasteiger partial charge on any atom is -0.321 e. The number of hydrogen-bond acceptors (Lipinski definition) is 4. The summed E-state index contributed by atoms with van der Waals surface area (Å²) in [6, 6.07) is 11.1. The lowest BCUT2D eigenvalue weighted by Gasteiger charge is -2.15. The maximum Gasteiger partial charge on any atom is 0.269 e. The van der Waals surface area contributed by atoms with Crippen molar-refractivity contribution in [1.29, 1.82) is 0 Å². The maximum atomic E-state index is 12.8. The Labute approximate surface area is 156 Å². The standard InChI is InChI=1S/C21H21N3O3/c22-18(21(25)14-8-10-15(11-9-14)24(26)27)13-17-16-5-1-2-6-19(16)23-12-4-3-7-20(17)23/h3-4,7-12,18H,1-2,5-6,13,22H2. The van der Waals surface area contributed by atoms with Crippen LogP contribution in [-0.2, 0) is 19.3 Å². The monoisotopic (exact) mass is 363 g/mol. The molecule has 0 saturated heterocycles. The summed E-state index contributed by atoms with van der Waals surface area (Å²) in [7, 11) is 0. The third-order valence-electron chi connectivity index (χ3n) is 5.39. The molecular weight excluding hydrogens is 342 g/mol. The van der Waals surface area contributed by atoms with Crippen molar-refractivity contribution in [1.82, 2.24) is 4.40 Å². The number of pyridine rings is 1. The molecule has 6 nitrogen and oxygen atoms in total. The molecule has 0 saturated carbocycles. The smallest absolute Gasteiger partial charge is 0.269 e. The minimum absolute atomic E-state index is 0.0346. The number of ketones is 1. The van der Waals surface area contributed by atoms with Gasteiger partial charge in [-0.3, -0.25) is 14.9 Å². The number of nitrogens with two attached hydrogens (primary N) is 1. The number of fused-ring (bicyclic) bond motifs is 3. The van der Waals surface area contributed by atoms with Crippen LogP contribution in [0.5, 0.6) is 0 Å². The highest BCUT2D eigenvalue weighted by molar-refractivity contribution is 6.00. The largest absolute Gasteiger partial charge is 0.321 e. The van der Waals surface area contributed by atoms with Gasteiger partial charge in [0, 0.05) is 35.1 Å². The summed E-state index contributed by atoms with van der Waals surface area (Å²) in [6.07, 6.45) is 6.95. The van der Waals surface area contributed by atoms with E-state index in [1.54, 1.807) is 0 Å². The van der Waals surface area contributed by atoms with Gasteiger partial charge in [-0.05, 0) is 67.5 Å². The summed E-state index contributed by atoms with van der Waals surface area (Å²) in [4.78, 5) is 23.1. The van der Waals surface area contributed by atoms with Crippen LogP contribution in [-0.4, -0.2) is 21.1 Å². The highest BCUT2D eigenvalue weighted by atomic mass is 16.6. The average molecular weight is 363 g/mol. The molecule has 0 aliphatic heterocycles. The number of benzene rings is 1. The first-order valence-corrected chi connectivity index (χ1v) is 9.20. The number of carbonyl (C=O) groups is 1. The normalized spacial score (nSPS) is 14.7. The summed E-state index contributed by atoms with van der Waals surface area (Å²) < 4.78 is 2.23. The second-order valence-electron chi connectivity index (χ2n) is 7.05. The van der Waals surface area contributed by atoms with Crippen LogP contribution < -0.4 is 5.73 Å². The molecule has 1 aliphatic carbocycles. The Morgan fingerprint density at radius 3 is 2.63 bits per heavy atom. The zero-order valence-corrected chi connectivity index (χ0v) is 14.9. The molecule has 6 heteroatoms. The molecule has 138 valence electrons. The molecule has 0 spiro atoms. The Morgan fingerprint density at radius 1 is 1.15 bits per heavy atom. The van der Waals surface area contributed by atoms with Crippen molar-refractivity contribution < 1.29 is 9.72 Å². The van der Waals surface area contributed by atoms with Gasteiger partial charge in [0.05, 0.1) is 11.0 Å². The summed E-state index contributed by atoms with van der Waals surface area (Å²) in [5, 5.41) is 10.8. The number of aryl methyl sites for hydroxylation is 1. The van der Waals surface area contributed by atoms with Gasteiger partial charge < -0.3 is 10.1 Å². The lowest BCUT2D eigenvalue weighted by molar-refractivity contribution is -0.384. The fourth-order valence-corrected chi connectivity index (χ4v) is 4.06. The van der Waals surface area contributed by atoms with Crippen molar-refractivity contribution in [3.8, 4) is 0 Å². The molecule has 3 aromatic rings. The zero-order chi connectivity index (χ0) is 19.0. The number of non-ortho nitro benzene ring substituents is 1. The zero-order valence-electron chi connectivity index (χ0n) is 14.9. The highest BCUT2D eigenvalue weighted by Crippen LogP contribution is 2.31. The van der Waals surface area contributed by atoms with Crippen LogP contribution in [0.2, 0.25) is 0 Å². The molecule has 27 heavy (non-hydrogen) atoms. The molecule has 1 unspecified atom stereocenters. The van der Waals surface area contributed by atoms with Gasteiger partial charge in [0.2, 0.25) is 0 Å². The third-order valence-corrected chi connectivity index (χ3v) is 5.39. The molecule has 1 atom stereocenters. The van der Waals surface area contributed by atoms with Gasteiger partial charge in [-0.15, -0.1) is 0 Å². The Morgan fingerprint density at radius 2 is 1.89 bits per heavy atom. The van der Waals surface area contributed by atoms with Gasteiger partial charge in [-0.1, -0.05) is 6.07 Å². The predicted octanol–water partition coefficient (Wildman–Crippen LogP) is 3.48. The Balaban J connectivity index is 1.64. The number of nitro benzene ring substituents is 1. The van der Waals surface area contributed by atoms with Crippen LogP contribution in [0.25, 0.3) is 5.52 Å². The van der Waals surface area contributed by atoms with Crippen molar-refractivity contribution in [3.05, 3.63) is 81.2 Å². The van der Waals surface area contributed by atoms with Gasteiger partial charge in [-0.2, -0.15) is 0 Å². The topological polar surface area (TPSA) is 90.6 Å². The van der Waals surface area contributed by atoms with Crippen molar-refractivity contribution in [2.24, 2.45) is 5.73 Å². The molecule has 2 heterocycles. The minimum atomic E-state index is -0.677. The SMILES string of the molecule is NC(Cc1c2c(n3ccccc13)CCCC2)C(=O)c1ccc([N+](=O)[O-])cc1. The first-order chi connectivity index (χ1) is 13.1. The van der Waals surface area contributed by atoms with Crippen LogP contribution in [0.15, 0.2) is 48.7 Å². The van der Waals surface area contributed by atoms with E-state index in [0.717, 1.165) is 30.3 Å². The van der Waals surface area contributed by atoms with Crippen LogP contribution >= 0.6 is 0 Å². The molecule has 0 fully saturated rings. The predicted molar refractivity (Wildman–Crippen MR) is 103 cm³/mol. The molecule has 1 aliphatic rings. The lowest BCUT2D eigenvalue weighted by Crippen LogP contribution is -2.33. The molecule has 2 aromatic heterocycles. The van der Waals surface area contributed by atoms with E-state index in [0.29, 0.717) is 12.0 Å². The number of hydrogen-bond donors (Lipinski definition) is 1. The first kappa shape index (κ1) is 17.4. The molecule has 0 bridgehead atoms. The van der Waals surface area contributed by atoms with Crippen molar-refractivity contribution in [3.63, 3.8) is 0 Å². The molecule has 0 amide bonds. The second-order valence-corrected chi connectivity index (χ2v) is 7.05. The van der Waals surface area contributed by atoms with Gasteiger partial charge in [0.15, 0.2) is 5.78 Å². The molecule has 2 N–H and O–H groups in total. The number of aromatic nitrogens is 1. The number of nitro groups is 1. The van der Waals surface area contributed by atoms with Crippen molar-refractivity contribution >= 4 is 17.0 Å².